The summed E-state index contributed by atoms with van der Waals surface area (Å²) in [5.41, 5.74) is -0.604. The van der Waals surface area contributed by atoms with Gasteiger partial charge in [-0.05, 0) is 26.2 Å². The summed E-state index contributed by atoms with van der Waals surface area (Å²) in [7, 11) is 0. The van der Waals surface area contributed by atoms with Crippen LogP contribution in [0.2, 0.25) is 0 Å². The third kappa shape index (κ3) is 3.16. The minimum Gasteiger partial charge on any atom is -0.477 e. The minimum absolute atomic E-state index is 0.0131. The van der Waals surface area contributed by atoms with E-state index in [-0.39, 0.29) is 17.8 Å². The van der Waals surface area contributed by atoms with Crippen molar-refractivity contribution in [3.63, 3.8) is 0 Å². The van der Waals surface area contributed by atoms with Crippen LogP contribution in [0.1, 0.15) is 48.9 Å². The van der Waals surface area contributed by atoms with Gasteiger partial charge in [-0.1, -0.05) is 0 Å². The highest BCUT2D eigenvalue weighted by Crippen LogP contribution is 2.39. The van der Waals surface area contributed by atoms with E-state index in [1.807, 2.05) is 6.92 Å². The fraction of sp³-hybridized carbons (Fsp3) is 0.500. The van der Waals surface area contributed by atoms with Crippen molar-refractivity contribution in [1.82, 2.24) is 20.6 Å². The third-order valence-corrected chi connectivity index (χ3v) is 3.62. The van der Waals surface area contributed by atoms with E-state index in [0.29, 0.717) is 12.2 Å². The number of nitrogens with zero attached hydrogens (tertiary/aromatic N) is 1. The number of carboxylic acid groups (broad SMARTS) is 1. The number of nitrogens with one attached hydrogen (secondary N) is 3. The lowest BCUT2D eigenvalue weighted by Crippen LogP contribution is -2.55. The number of aromatic carboxylic acids is 1. The van der Waals surface area contributed by atoms with Crippen LogP contribution in [0.5, 0.6) is 0 Å². The fourth-order valence-corrected chi connectivity index (χ4v) is 2.33. The maximum Gasteiger partial charge on any atom is 0.353 e. The van der Waals surface area contributed by atoms with Crippen LogP contribution in [-0.2, 0) is 5.54 Å². The molecule has 112 valence electrons. The second-order valence-corrected chi connectivity index (χ2v) is 5.29. The largest absolute Gasteiger partial charge is 0.477 e. The van der Waals surface area contributed by atoms with Crippen LogP contribution in [0.25, 0.3) is 0 Å². The number of amides is 2. The monoisotopic (exact) mass is 290 g/mol. The number of imidazole rings is 1. The topological polar surface area (TPSA) is 107 Å². The zero-order chi connectivity index (χ0) is 15.5. The normalized spacial score (nSPS) is 17.1. The molecule has 0 saturated heterocycles. The van der Waals surface area contributed by atoms with Crippen molar-refractivity contribution in [2.75, 3.05) is 0 Å². The molecule has 21 heavy (non-hydrogen) atoms. The van der Waals surface area contributed by atoms with Gasteiger partial charge in [-0.2, -0.15) is 0 Å². The predicted octanol–water partition coefficient (Wildman–Crippen LogP) is 1.20. The van der Waals surface area contributed by atoms with Gasteiger partial charge in [-0.15, -0.1) is 12.3 Å². The molecule has 7 heteroatoms. The first-order valence-electron chi connectivity index (χ1n) is 6.78. The lowest BCUT2D eigenvalue weighted by atomic mass is 9.76. The average molecular weight is 290 g/mol. The first-order valence-corrected chi connectivity index (χ1v) is 6.78. The summed E-state index contributed by atoms with van der Waals surface area (Å²) in [5, 5.41) is 14.6. The lowest BCUT2D eigenvalue weighted by molar-refractivity contribution is 0.0690. The molecular weight excluding hydrogens is 272 g/mol. The summed E-state index contributed by atoms with van der Waals surface area (Å²) in [6.45, 7) is 1.82. The molecule has 7 nitrogen and oxygen atoms in total. The van der Waals surface area contributed by atoms with Gasteiger partial charge in [0, 0.05) is 12.5 Å². The van der Waals surface area contributed by atoms with E-state index in [2.05, 4.69) is 26.5 Å². The number of urea groups is 1. The first kappa shape index (κ1) is 14.9. The Hall–Kier alpha value is -2.49. The zero-order valence-corrected chi connectivity index (χ0v) is 11.8. The smallest absolute Gasteiger partial charge is 0.353 e. The number of H-pyrrole nitrogens is 1. The molecule has 0 bridgehead atoms. The summed E-state index contributed by atoms with van der Waals surface area (Å²) in [6.07, 6.45) is 9.30. The number of hydrogen-bond acceptors (Lipinski definition) is 3. The average Bonchev–Trinajstić information content (AvgIpc) is 2.83. The summed E-state index contributed by atoms with van der Waals surface area (Å²) < 4.78 is 0. The molecule has 1 atom stereocenters. The highest BCUT2D eigenvalue weighted by atomic mass is 16.4. The van der Waals surface area contributed by atoms with Crippen LogP contribution in [0.4, 0.5) is 4.79 Å². The SMILES string of the molecule is C#CCC(C)NC(=O)NC1(c2ncc(C(=O)O)[nH]2)CCC1. The predicted molar refractivity (Wildman–Crippen MR) is 75.7 cm³/mol. The van der Waals surface area contributed by atoms with Gasteiger partial charge in [0.05, 0.1) is 11.7 Å². The molecule has 4 N–H and O–H groups in total. The van der Waals surface area contributed by atoms with E-state index in [1.54, 1.807) is 0 Å². The van der Waals surface area contributed by atoms with Crippen LogP contribution in [0, 0.1) is 12.3 Å². The Morgan fingerprint density at radius 3 is 2.81 bits per heavy atom. The molecule has 1 aromatic rings. The van der Waals surface area contributed by atoms with Crippen molar-refractivity contribution in [2.45, 2.75) is 44.2 Å². The Kier molecular flexibility index (Phi) is 4.17. The molecule has 1 aromatic heterocycles. The molecule has 1 unspecified atom stereocenters. The molecule has 1 heterocycles. The Bertz CT molecular complexity index is 583. The van der Waals surface area contributed by atoms with E-state index >= 15 is 0 Å². The van der Waals surface area contributed by atoms with E-state index < -0.39 is 11.5 Å². The summed E-state index contributed by atoms with van der Waals surface area (Å²) in [5.74, 6) is 1.89. The second kappa shape index (κ2) is 5.87. The van der Waals surface area contributed by atoms with Gasteiger partial charge < -0.3 is 20.7 Å². The van der Waals surface area contributed by atoms with Gasteiger partial charge in [0.15, 0.2) is 0 Å². The molecule has 0 spiro atoms. The number of aromatic nitrogens is 2. The quantitative estimate of drug-likeness (QED) is 0.611. The Labute approximate surface area is 122 Å². The maximum atomic E-state index is 12.0. The Balaban J connectivity index is 2.06. The second-order valence-electron chi connectivity index (χ2n) is 5.29. The summed E-state index contributed by atoms with van der Waals surface area (Å²) >= 11 is 0. The van der Waals surface area contributed by atoms with E-state index in [0.717, 1.165) is 19.3 Å². The van der Waals surface area contributed by atoms with E-state index in [1.165, 1.54) is 6.20 Å². The maximum absolute atomic E-state index is 12.0. The molecule has 0 aliphatic heterocycles. The minimum atomic E-state index is -1.07. The van der Waals surface area contributed by atoms with Crippen LogP contribution < -0.4 is 10.6 Å². The molecule has 0 radical (unpaired) electrons. The van der Waals surface area contributed by atoms with Gasteiger partial charge in [0.25, 0.3) is 0 Å². The van der Waals surface area contributed by atoms with Crippen molar-refractivity contribution in [3.05, 3.63) is 17.7 Å². The third-order valence-electron chi connectivity index (χ3n) is 3.62. The van der Waals surface area contributed by atoms with Crippen LogP contribution in [0.15, 0.2) is 6.20 Å². The van der Waals surface area contributed by atoms with Crippen molar-refractivity contribution in [2.24, 2.45) is 0 Å². The van der Waals surface area contributed by atoms with Gasteiger partial charge in [-0.3, -0.25) is 0 Å². The van der Waals surface area contributed by atoms with E-state index in [9.17, 15) is 9.59 Å². The highest BCUT2D eigenvalue weighted by molar-refractivity contribution is 5.85. The summed E-state index contributed by atoms with van der Waals surface area (Å²) in [6, 6.07) is -0.455. The first-order chi connectivity index (χ1) is 9.97. The van der Waals surface area contributed by atoms with Crippen LogP contribution in [-0.4, -0.2) is 33.1 Å². The number of carboxylic acids is 1. The number of terminal acetylenes is 1. The van der Waals surface area contributed by atoms with Gasteiger partial charge >= 0.3 is 12.0 Å². The standard InChI is InChI=1S/C14H18N4O3/c1-3-5-9(2)16-13(21)18-14(6-4-7-14)12-15-8-10(17-12)11(19)20/h1,8-9H,4-7H2,2H3,(H,15,17)(H,19,20)(H2,16,18,21). The molecule has 1 aliphatic carbocycles. The zero-order valence-electron chi connectivity index (χ0n) is 11.8. The van der Waals surface area contributed by atoms with Crippen LogP contribution >= 0.6 is 0 Å². The number of aromatic amines is 1. The lowest BCUT2D eigenvalue weighted by Gasteiger charge is -2.40. The summed E-state index contributed by atoms with van der Waals surface area (Å²) in [4.78, 5) is 29.7. The molecule has 1 saturated carbocycles. The van der Waals surface area contributed by atoms with Gasteiger partial charge in [0.1, 0.15) is 11.5 Å². The molecule has 1 fully saturated rings. The fourth-order valence-electron chi connectivity index (χ4n) is 2.33. The number of rotatable bonds is 5. The van der Waals surface area contributed by atoms with Gasteiger partial charge in [0.2, 0.25) is 0 Å². The molecule has 2 amide bonds. The van der Waals surface area contributed by atoms with Crippen molar-refractivity contribution >= 4 is 12.0 Å². The number of hydrogen-bond donors (Lipinski definition) is 4. The van der Waals surface area contributed by atoms with Crippen LogP contribution in [0.3, 0.4) is 0 Å². The Morgan fingerprint density at radius 2 is 2.33 bits per heavy atom. The molecule has 0 aromatic carbocycles. The number of carbonyl (C=O) groups is 2. The highest BCUT2D eigenvalue weighted by Gasteiger charge is 2.43. The molecule has 1 aliphatic rings. The molecular formula is C14H18N4O3. The Morgan fingerprint density at radius 1 is 1.62 bits per heavy atom. The van der Waals surface area contributed by atoms with Crippen molar-refractivity contribution < 1.29 is 14.7 Å². The number of carbonyl (C=O) groups excluding carboxylic acids is 1. The van der Waals surface area contributed by atoms with Crippen molar-refractivity contribution in [3.8, 4) is 12.3 Å². The van der Waals surface area contributed by atoms with Crippen molar-refractivity contribution in [1.29, 1.82) is 0 Å². The molecule has 2 rings (SSSR count). The van der Waals surface area contributed by atoms with E-state index in [4.69, 9.17) is 11.5 Å². The van der Waals surface area contributed by atoms with Gasteiger partial charge in [-0.25, -0.2) is 14.6 Å².